The molecule has 1 heterocycles. The number of carbonyl (C=O) groups is 2. The minimum atomic E-state index is -0.566. The van der Waals surface area contributed by atoms with Crippen molar-refractivity contribution in [2.75, 3.05) is 20.1 Å². The zero-order valence-corrected chi connectivity index (χ0v) is 16.0. The molecule has 0 fully saturated rings. The maximum atomic E-state index is 13.3. The van der Waals surface area contributed by atoms with Crippen LogP contribution in [0.25, 0.3) is 11.3 Å². The molecule has 0 atom stereocenters. The van der Waals surface area contributed by atoms with E-state index in [1.807, 2.05) is 0 Å². The second-order valence-electron chi connectivity index (χ2n) is 7.10. The van der Waals surface area contributed by atoms with E-state index in [1.165, 1.54) is 23.2 Å². The number of benzene rings is 1. The molecule has 1 aromatic carbocycles. The van der Waals surface area contributed by atoms with E-state index >= 15 is 0 Å². The summed E-state index contributed by atoms with van der Waals surface area (Å²) < 4.78 is 18.5. The van der Waals surface area contributed by atoms with Crippen molar-refractivity contribution in [3.05, 3.63) is 54.0 Å². The van der Waals surface area contributed by atoms with Gasteiger partial charge >= 0.3 is 6.09 Å². The summed E-state index contributed by atoms with van der Waals surface area (Å²) in [4.78, 5) is 29.6. The number of aromatic nitrogens is 1. The quantitative estimate of drug-likeness (QED) is 0.871. The van der Waals surface area contributed by atoms with Crippen LogP contribution in [0.15, 0.2) is 42.6 Å². The molecular weight excluding hydrogens is 349 g/mol. The molecule has 0 bridgehead atoms. The first-order valence-electron chi connectivity index (χ1n) is 8.60. The van der Waals surface area contributed by atoms with Crippen LogP contribution in [0.4, 0.5) is 9.18 Å². The lowest BCUT2D eigenvalue weighted by Gasteiger charge is -2.24. The standard InChI is InChI=1S/C20H24FN3O3/c1-20(2,3)27-19(26)24(4)11-10-22-18(25)15-8-9-17(23-13-15)14-6-5-7-16(21)12-14/h5-9,12-13H,10-11H2,1-4H3,(H,22,25). The Hall–Kier alpha value is -2.96. The largest absolute Gasteiger partial charge is 0.444 e. The summed E-state index contributed by atoms with van der Waals surface area (Å²) in [6.45, 7) is 5.97. The number of carbonyl (C=O) groups excluding carboxylic acids is 2. The van der Waals surface area contributed by atoms with Gasteiger partial charge in [-0.2, -0.15) is 0 Å². The highest BCUT2D eigenvalue weighted by Crippen LogP contribution is 2.17. The number of rotatable bonds is 5. The normalized spacial score (nSPS) is 11.0. The van der Waals surface area contributed by atoms with Crippen LogP contribution in [0.1, 0.15) is 31.1 Å². The number of hydrogen-bond donors (Lipinski definition) is 1. The topological polar surface area (TPSA) is 71.5 Å². The molecule has 0 unspecified atom stereocenters. The van der Waals surface area contributed by atoms with Gasteiger partial charge in [0.1, 0.15) is 11.4 Å². The number of ether oxygens (including phenoxy) is 1. The van der Waals surface area contributed by atoms with Crippen LogP contribution in [0.5, 0.6) is 0 Å². The van der Waals surface area contributed by atoms with Crippen LogP contribution in [0, 0.1) is 5.82 Å². The van der Waals surface area contributed by atoms with Crippen molar-refractivity contribution < 1.29 is 18.7 Å². The molecule has 144 valence electrons. The van der Waals surface area contributed by atoms with Crippen LogP contribution >= 0.6 is 0 Å². The third-order valence-electron chi connectivity index (χ3n) is 3.58. The van der Waals surface area contributed by atoms with Gasteiger partial charge in [-0.25, -0.2) is 9.18 Å². The monoisotopic (exact) mass is 373 g/mol. The zero-order chi connectivity index (χ0) is 20.0. The van der Waals surface area contributed by atoms with Crippen molar-refractivity contribution in [1.29, 1.82) is 0 Å². The summed E-state index contributed by atoms with van der Waals surface area (Å²) in [6, 6.07) is 9.39. The highest BCUT2D eigenvalue weighted by Gasteiger charge is 2.19. The Kier molecular flexibility index (Phi) is 6.50. The number of hydrogen-bond acceptors (Lipinski definition) is 4. The van der Waals surface area contributed by atoms with Gasteiger partial charge in [0.25, 0.3) is 5.91 Å². The minimum absolute atomic E-state index is 0.278. The molecule has 0 saturated heterocycles. The van der Waals surface area contributed by atoms with E-state index in [0.29, 0.717) is 23.4 Å². The SMILES string of the molecule is CN(CCNC(=O)c1ccc(-c2cccc(F)c2)nc1)C(=O)OC(C)(C)C. The molecule has 7 heteroatoms. The lowest BCUT2D eigenvalue weighted by Crippen LogP contribution is -2.39. The number of nitrogens with one attached hydrogen (secondary N) is 1. The van der Waals surface area contributed by atoms with Crippen LogP contribution < -0.4 is 5.32 Å². The number of halogens is 1. The lowest BCUT2D eigenvalue weighted by molar-refractivity contribution is 0.0299. The average Bonchev–Trinajstić information content (AvgIpc) is 2.60. The van der Waals surface area contributed by atoms with Gasteiger partial charge < -0.3 is 15.0 Å². The van der Waals surface area contributed by atoms with E-state index in [4.69, 9.17) is 4.74 Å². The van der Waals surface area contributed by atoms with E-state index in [1.54, 1.807) is 52.1 Å². The lowest BCUT2D eigenvalue weighted by atomic mass is 10.1. The summed E-state index contributed by atoms with van der Waals surface area (Å²) in [5, 5.41) is 2.73. The predicted octanol–water partition coefficient (Wildman–Crippen LogP) is 3.48. The van der Waals surface area contributed by atoms with Gasteiger partial charge in [0.2, 0.25) is 0 Å². The molecule has 1 N–H and O–H groups in total. The molecule has 0 saturated carbocycles. The Balaban J connectivity index is 1.87. The van der Waals surface area contributed by atoms with Crippen molar-refractivity contribution >= 4 is 12.0 Å². The van der Waals surface area contributed by atoms with Crippen LogP contribution in [0.3, 0.4) is 0 Å². The Morgan fingerprint density at radius 1 is 1.22 bits per heavy atom. The summed E-state index contributed by atoms with van der Waals surface area (Å²) >= 11 is 0. The fraction of sp³-hybridized carbons (Fsp3) is 0.350. The van der Waals surface area contributed by atoms with Gasteiger partial charge in [-0.15, -0.1) is 0 Å². The highest BCUT2D eigenvalue weighted by atomic mass is 19.1. The minimum Gasteiger partial charge on any atom is -0.444 e. The molecule has 6 nitrogen and oxygen atoms in total. The molecule has 0 aliphatic carbocycles. The highest BCUT2D eigenvalue weighted by molar-refractivity contribution is 5.94. The Labute approximate surface area is 158 Å². The summed E-state index contributed by atoms with van der Waals surface area (Å²) in [7, 11) is 1.61. The third kappa shape index (κ3) is 6.36. The molecule has 0 radical (unpaired) electrons. The van der Waals surface area contributed by atoms with Crippen LogP contribution in [-0.2, 0) is 4.74 Å². The van der Waals surface area contributed by atoms with E-state index < -0.39 is 11.7 Å². The Bertz CT molecular complexity index is 801. The van der Waals surface area contributed by atoms with Crippen molar-refractivity contribution in [3.63, 3.8) is 0 Å². The fourth-order valence-corrected chi connectivity index (χ4v) is 2.22. The summed E-state index contributed by atoms with van der Waals surface area (Å²) in [5.41, 5.74) is 1.04. The first-order chi connectivity index (χ1) is 12.7. The van der Waals surface area contributed by atoms with E-state index in [0.717, 1.165) is 0 Å². The van der Waals surface area contributed by atoms with Crippen molar-refractivity contribution in [2.24, 2.45) is 0 Å². The Morgan fingerprint density at radius 3 is 2.56 bits per heavy atom. The smallest absolute Gasteiger partial charge is 0.410 e. The van der Waals surface area contributed by atoms with Crippen molar-refractivity contribution in [1.82, 2.24) is 15.2 Å². The first kappa shape index (κ1) is 20.4. The second-order valence-corrected chi connectivity index (χ2v) is 7.10. The molecule has 2 rings (SSSR count). The molecule has 2 aromatic rings. The number of amides is 2. The van der Waals surface area contributed by atoms with E-state index in [2.05, 4.69) is 10.3 Å². The number of pyridine rings is 1. The molecule has 0 aliphatic rings. The summed E-state index contributed by atoms with van der Waals surface area (Å²) in [5.74, 6) is -0.642. The van der Waals surface area contributed by atoms with Crippen molar-refractivity contribution in [2.45, 2.75) is 26.4 Å². The Morgan fingerprint density at radius 2 is 1.96 bits per heavy atom. The molecule has 1 aromatic heterocycles. The fourth-order valence-electron chi connectivity index (χ4n) is 2.22. The van der Waals surface area contributed by atoms with E-state index in [-0.39, 0.29) is 18.3 Å². The van der Waals surface area contributed by atoms with Gasteiger partial charge in [0, 0.05) is 31.9 Å². The average molecular weight is 373 g/mol. The van der Waals surface area contributed by atoms with Gasteiger partial charge in [0.15, 0.2) is 0 Å². The van der Waals surface area contributed by atoms with Gasteiger partial charge in [0.05, 0.1) is 11.3 Å². The van der Waals surface area contributed by atoms with Crippen LogP contribution in [0.2, 0.25) is 0 Å². The zero-order valence-electron chi connectivity index (χ0n) is 16.0. The maximum absolute atomic E-state index is 13.3. The molecular formula is C20H24FN3O3. The van der Waals surface area contributed by atoms with Gasteiger partial charge in [-0.3, -0.25) is 9.78 Å². The van der Waals surface area contributed by atoms with Gasteiger partial charge in [-0.05, 0) is 45.0 Å². The molecule has 27 heavy (non-hydrogen) atoms. The van der Waals surface area contributed by atoms with Crippen molar-refractivity contribution in [3.8, 4) is 11.3 Å². The van der Waals surface area contributed by atoms with Crippen LogP contribution in [-0.4, -0.2) is 47.6 Å². The first-order valence-corrected chi connectivity index (χ1v) is 8.60. The molecule has 0 aliphatic heterocycles. The molecule has 0 spiro atoms. The third-order valence-corrected chi connectivity index (χ3v) is 3.58. The molecule has 2 amide bonds. The predicted molar refractivity (Wildman–Crippen MR) is 101 cm³/mol. The summed E-state index contributed by atoms with van der Waals surface area (Å²) in [6.07, 6.45) is 0.991. The maximum Gasteiger partial charge on any atom is 0.410 e. The number of nitrogens with zero attached hydrogens (tertiary/aromatic N) is 2. The second kappa shape index (κ2) is 8.62. The number of likely N-dealkylation sites (N-methyl/N-ethyl adjacent to an activating group) is 1. The van der Waals surface area contributed by atoms with E-state index in [9.17, 15) is 14.0 Å². The van der Waals surface area contributed by atoms with Gasteiger partial charge in [-0.1, -0.05) is 12.1 Å².